The molecule has 97 valence electrons. The van der Waals surface area contributed by atoms with Crippen LogP contribution in [0.5, 0.6) is 0 Å². The van der Waals surface area contributed by atoms with E-state index in [0.717, 1.165) is 13.1 Å². The monoisotopic (exact) mass is 252 g/mol. The largest absolute Gasteiger partial charge is 0.298 e. The van der Waals surface area contributed by atoms with Gasteiger partial charge in [-0.05, 0) is 11.1 Å². The molecular weight excluding hydrogens is 234 g/mol. The van der Waals surface area contributed by atoms with Crippen LogP contribution in [0.4, 0.5) is 0 Å². The van der Waals surface area contributed by atoms with Crippen molar-refractivity contribution in [2.75, 3.05) is 6.54 Å². The van der Waals surface area contributed by atoms with Crippen LogP contribution in [0.15, 0.2) is 60.7 Å². The summed E-state index contributed by atoms with van der Waals surface area (Å²) in [7, 11) is 0. The maximum Gasteiger partial charge on any atom is 0.147 e. The van der Waals surface area contributed by atoms with E-state index >= 15 is 0 Å². The number of nitrogens with zero attached hydrogens (tertiary/aromatic N) is 1. The molecule has 2 nitrogen and oxygen atoms in total. The fourth-order valence-electron chi connectivity index (χ4n) is 2.10. The quantitative estimate of drug-likeness (QED) is 0.787. The van der Waals surface area contributed by atoms with Crippen LogP contribution < -0.4 is 0 Å². The van der Waals surface area contributed by atoms with Crippen molar-refractivity contribution in [2.24, 2.45) is 0 Å². The highest BCUT2D eigenvalue weighted by Crippen LogP contribution is 2.09. The lowest BCUT2D eigenvalue weighted by Crippen LogP contribution is -2.28. The molecule has 0 heterocycles. The highest BCUT2D eigenvalue weighted by Gasteiger charge is 2.09. The van der Waals surface area contributed by atoms with E-state index in [1.165, 1.54) is 11.1 Å². The smallest absolute Gasteiger partial charge is 0.147 e. The van der Waals surface area contributed by atoms with Crippen molar-refractivity contribution >= 4 is 5.78 Å². The Balaban J connectivity index is 2.06. The number of ketones is 1. The molecule has 2 aromatic carbocycles. The average molecular weight is 252 g/mol. The minimum absolute atomic E-state index is 0.0492. The molecule has 1 radical (unpaired) electrons. The first-order valence-corrected chi connectivity index (χ1v) is 6.39. The van der Waals surface area contributed by atoms with E-state index in [1.54, 1.807) is 0 Å². The van der Waals surface area contributed by atoms with Crippen LogP contribution >= 0.6 is 0 Å². The minimum atomic E-state index is -0.0492. The number of Topliss-reactive ketones (excluding diaryl/α,β-unsaturated/α-hetero) is 1. The van der Waals surface area contributed by atoms with Gasteiger partial charge >= 0.3 is 0 Å². The zero-order chi connectivity index (χ0) is 13.5. The second-order valence-corrected chi connectivity index (χ2v) is 4.66. The van der Waals surface area contributed by atoms with Gasteiger partial charge in [0.05, 0.1) is 6.54 Å². The van der Waals surface area contributed by atoms with Gasteiger partial charge in [0.2, 0.25) is 0 Å². The molecule has 0 N–H and O–H groups in total. The molecule has 19 heavy (non-hydrogen) atoms. The van der Waals surface area contributed by atoms with Gasteiger partial charge in [-0.1, -0.05) is 60.7 Å². The Bertz CT molecular complexity index is 466. The SMILES string of the molecule is [CH2]C(=O)CN(Cc1ccccc1)Cc1ccccc1. The van der Waals surface area contributed by atoms with Gasteiger partial charge in [-0.25, -0.2) is 0 Å². The van der Waals surface area contributed by atoms with Gasteiger partial charge in [-0.2, -0.15) is 0 Å². The van der Waals surface area contributed by atoms with Crippen LogP contribution in [-0.4, -0.2) is 17.2 Å². The molecule has 0 bridgehead atoms. The summed E-state index contributed by atoms with van der Waals surface area (Å²) in [6.07, 6.45) is 0. The van der Waals surface area contributed by atoms with Crippen molar-refractivity contribution in [1.82, 2.24) is 4.90 Å². The van der Waals surface area contributed by atoms with E-state index in [2.05, 4.69) is 36.1 Å². The van der Waals surface area contributed by atoms with Crippen LogP contribution in [0.2, 0.25) is 0 Å². The molecule has 0 saturated heterocycles. The van der Waals surface area contributed by atoms with Crippen molar-refractivity contribution in [2.45, 2.75) is 13.1 Å². The number of rotatable bonds is 6. The normalized spacial score (nSPS) is 10.6. The van der Waals surface area contributed by atoms with E-state index in [4.69, 9.17) is 0 Å². The molecule has 0 atom stereocenters. The first-order chi connectivity index (χ1) is 9.24. The topological polar surface area (TPSA) is 20.3 Å². The van der Waals surface area contributed by atoms with Crippen molar-refractivity contribution in [3.8, 4) is 0 Å². The molecule has 0 saturated carbocycles. The van der Waals surface area contributed by atoms with Gasteiger partial charge in [-0.3, -0.25) is 9.69 Å². The fourth-order valence-corrected chi connectivity index (χ4v) is 2.10. The average Bonchev–Trinajstić information content (AvgIpc) is 2.40. The first-order valence-electron chi connectivity index (χ1n) is 6.39. The van der Waals surface area contributed by atoms with Crippen LogP contribution in [0, 0.1) is 6.92 Å². The molecular formula is C17H18NO. The Labute approximate surface area is 114 Å². The van der Waals surface area contributed by atoms with E-state index in [-0.39, 0.29) is 5.78 Å². The number of hydrogen-bond donors (Lipinski definition) is 0. The molecule has 0 aliphatic heterocycles. The lowest BCUT2D eigenvalue weighted by Gasteiger charge is -2.21. The second kappa shape index (κ2) is 6.86. The summed E-state index contributed by atoms with van der Waals surface area (Å²) in [4.78, 5) is 13.4. The zero-order valence-corrected chi connectivity index (χ0v) is 11.0. The van der Waals surface area contributed by atoms with Crippen LogP contribution in [0.3, 0.4) is 0 Å². The van der Waals surface area contributed by atoms with Gasteiger partial charge in [0.25, 0.3) is 0 Å². The Kier molecular flexibility index (Phi) is 4.87. The lowest BCUT2D eigenvalue weighted by atomic mass is 10.1. The molecule has 0 fully saturated rings. The lowest BCUT2D eigenvalue weighted by molar-refractivity contribution is -0.116. The Hall–Kier alpha value is -1.93. The van der Waals surface area contributed by atoms with Gasteiger partial charge in [-0.15, -0.1) is 0 Å². The number of benzene rings is 2. The number of carbonyl (C=O) groups is 1. The highest BCUT2D eigenvalue weighted by atomic mass is 16.1. The van der Waals surface area contributed by atoms with E-state index in [0.29, 0.717) is 6.54 Å². The van der Waals surface area contributed by atoms with Gasteiger partial charge < -0.3 is 0 Å². The summed E-state index contributed by atoms with van der Waals surface area (Å²) >= 11 is 0. The van der Waals surface area contributed by atoms with Crippen molar-refractivity contribution in [3.05, 3.63) is 78.7 Å². The van der Waals surface area contributed by atoms with Crippen molar-refractivity contribution in [3.63, 3.8) is 0 Å². The summed E-state index contributed by atoms with van der Waals surface area (Å²) in [6, 6.07) is 20.4. The molecule has 2 heteroatoms. The predicted molar refractivity (Wildman–Crippen MR) is 77.4 cm³/mol. The minimum Gasteiger partial charge on any atom is -0.298 e. The Morgan fingerprint density at radius 1 is 0.842 bits per heavy atom. The molecule has 0 aliphatic carbocycles. The standard InChI is InChI=1S/C17H18NO/c1-15(19)12-18(13-16-8-4-2-5-9-16)14-17-10-6-3-7-11-17/h2-11H,1,12-14H2. The predicted octanol–water partition coefficient (Wildman–Crippen LogP) is 3.09. The van der Waals surface area contributed by atoms with E-state index < -0.39 is 0 Å². The van der Waals surface area contributed by atoms with Gasteiger partial charge in [0.15, 0.2) is 0 Å². The zero-order valence-electron chi connectivity index (χ0n) is 11.0. The molecule has 0 amide bonds. The molecule has 0 aliphatic rings. The van der Waals surface area contributed by atoms with E-state index in [9.17, 15) is 4.79 Å². The third kappa shape index (κ3) is 4.68. The Morgan fingerprint density at radius 2 is 1.26 bits per heavy atom. The second-order valence-electron chi connectivity index (χ2n) is 4.66. The number of carbonyl (C=O) groups excluding carboxylic acids is 1. The first kappa shape index (κ1) is 13.5. The maximum atomic E-state index is 11.3. The number of hydrogen-bond acceptors (Lipinski definition) is 2. The Morgan fingerprint density at radius 3 is 1.63 bits per heavy atom. The van der Waals surface area contributed by atoms with Crippen molar-refractivity contribution < 1.29 is 4.79 Å². The van der Waals surface area contributed by atoms with Crippen LogP contribution in [0.1, 0.15) is 11.1 Å². The van der Waals surface area contributed by atoms with Crippen molar-refractivity contribution in [1.29, 1.82) is 0 Å². The maximum absolute atomic E-state index is 11.3. The van der Waals surface area contributed by atoms with E-state index in [1.807, 2.05) is 36.4 Å². The van der Waals surface area contributed by atoms with Crippen LogP contribution in [0.25, 0.3) is 0 Å². The fraction of sp³-hybridized carbons (Fsp3) is 0.176. The van der Waals surface area contributed by atoms with Crippen LogP contribution in [-0.2, 0) is 17.9 Å². The van der Waals surface area contributed by atoms with Gasteiger partial charge in [0, 0.05) is 20.0 Å². The third-order valence-corrected chi connectivity index (χ3v) is 2.90. The molecule has 0 spiro atoms. The van der Waals surface area contributed by atoms with Gasteiger partial charge in [0.1, 0.15) is 5.78 Å². The summed E-state index contributed by atoms with van der Waals surface area (Å²) in [5, 5.41) is 0. The third-order valence-electron chi connectivity index (χ3n) is 2.90. The summed E-state index contributed by atoms with van der Waals surface area (Å²) < 4.78 is 0. The summed E-state index contributed by atoms with van der Waals surface area (Å²) in [6.45, 7) is 5.38. The highest BCUT2D eigenvalue weighted by molar-refractivity contribution is 5.84. The summed E-state index contributed by atoms with van der Waals surface area (Å²) in [5.74, 6) is -0.0492. The molecule has 2 aromatic rings. The molecule has 2 rings (SSSR count). The molecule has 0 unspecified atom stereocenters. The molecule has 0 aromatic heterocycles. The summed E-state index contributed by atoms with van der Waals surface area (Å²) in [5.41, 5.74) is 2.42.